The third kappa shape index (κ3) is 5.43. The second kappa shape index (κ2) is 10.4. The van der Waals surface area contributed by atoms with Crippen molar-refractivity contribution in [1.82, 2.24) is 10.6 Å². The maximum atomic E-state index is 12.4. The SMILES string of the molecule is O=C1NCCNC(=O)c2cccc(c2[O-])C=NCCN=Cc2cccc1c2[O-].[Co+2]. The average Bonchev–Trinajstić information content (AvgIpc) is 2.69. The summed E-state index contributed by atoms with van der Waals surface area (Å²) in [6, 6.07) is 9.26. The standard InChI is InChI=1S/C20H20N4O4.Co/c25-17-13-3-1-5-15(17)19(27)23-9-10-24-20(28)16-6-2-4-14(18(16)26)12-22-8-7-21-11-13;/h1-6,11-12,25-26H,7-10H2,(H,23,27)(H,24,28);/q;+2/p-2. The van der Waals surface area contributed by atoms with Gasteiger partial charge in [-0.15, -0.1) is 0 Å². The van der Waals surface area contributed by atoms with Crippen LogP contribution in [-0.4, -0.2) is 50.4 Å². The van der Waals surface area contributed by atoms with Crippen molar-refractivity contribution >= 4 is 24.2 Å². The van der Waals surface area contributed by atoms with Crippen LogP contribution in [0.15, 0.2) is 46.4 Å². The molecule has 151 valence electrons. The molecule has 3 rings (SSSR count). The van der Waals surface area contributed by atoms with Crippen molar-refractivity contribution in [2.45, 2.75) is 0 Å². The van der Waals surface area contributed by atoms with Crippen molar-refractivity contribution in [3.63, 3.8) is 0 Å². The zero-order valence-electron chi connectivity index (χ0n) is 15.3. The normalized spacial score (nSPS) is 14.8. The minimum atomic E-state index is -0.535. The predicted molar refractivity (Wildman–Crippen MR) is 101 cm³/mol. The Morgan fingerprint density at radius 2 is 1.14 bits per heavy atom. The van der Waals surface area contributed by atoms with Crippen LogP contribution in [0.25, 0.3) is 0 Å². The van der Waals surface area contributed by atoms with Crippen LogP contribution in [0, 0.1) is 0 Å². The molecule has 4 bridgehead atoms. The van der Waals surface area contributed by atoms with Gasteiger partial charge in [-0.25, -0.2) is 0 Å². The molecule has 1 radical (unpaired) electrons. The molecule has 2 aromatic rings. The first kappa shape index (κ1) is 22.1. The Hall–Kier alpha value is -3.17. The summed E-state index contributed by atoms with van der Waals surface area (Å²) in [6.45, 7) is 0.830. The molecule has 0 spiro atoms. The van der Waals surface area contributed by atoms with E-state index in [0.29, 0.717) is 24.2 Å². The molecule has 9 heteroatoms. The molecular weight excluding hydrogens is 419 g/mol. The van der Waals surface area contributed by atoms with Gasteiger partial charge in [-0.05, 0) is 11.1 Å². The van der Waals surface area contributed by atoms with E-state index >= 15 is 0 Å². The summed E-state index contributed by atoms with van der Waals surface area (Å²) in [4.78, 5) is 32.8. The van der Waals surface area contributed by atoms with Gasteiger partial charge in [-0.3, -0.25) is 19.6 Å². The predicted octanol–water partition coefficient (Wildman–Crippen LogP) is -0.157. The molecular formula is C20H18CoN4O4. The fourth-order valence-corrected chi connectivity index (χ4v) is 2.65. The Balaban J connectivity index is 0.00000300. The quantitative estimate of drug-likeness (QED) is 0.594. The second-order valence-electron chi connectivity index (χ2n) is 6.03. The molecule has 0 unspecified atom stereocenters. The van der Waals surface area contributed by atoms with E-state index < -0.39 is 23.3 Å². The summed E-state index contributed by atoms with van der Waals surface area (Å²) >= 11 is 0. The summed E-state index contributed by atoms with van der Waals surface area (Å²) in [6.07, 6.45) is 2.83. The summed E-state index contributed by atoms with van der Waals surface area (Å²) < 4.78 is 0. The van der Waals surface area contributed by atoms with Gasteiger partial charge in [0.1, 0.15) is 0 Å². The summed E-state index contributed by atoms with van der Waals surface area (Å²) in [5.74, 6) is -1.90. The number of aliphatic imine (C=N–C) groups is 2. The van der Waals surface area contributed by atoms with Crippen LogP contribution in [0.3, 0.4) is 0 Å². The molecule has 29 heavy (non-hydrogen) atoms. The number of amides is 2. The Labute approximate surface area is 178 Å². The molecule has 0 saturated heterocycles. The molecule has 8 nitrogen and oxygen atoms in total. The van der Waals surface area contributed by atoms with Crippen molar-refractivity contribution in [1.29, 1.82) is 0 Å². The van der Waals surface area contributed by atoms with Gasteiger partial charge in [0.15, 0.2) is 0 Å². The van der Waals surface area contributed by atoms with Crippen LogP contribution >= 0.6 is 0 Å². The van der Waals surface area contributed by atoms with Crippen molar-refractivity contribution in [3.8, 4) is 11.5 Å². The maximum Gasteiger partial charge on any atom is 2.00 e. The van der Waals surface area contributed by atoms with E-state index in [9.17, 15) is 19.8 Å². The number of carbonyl (C=O) groups excluding carboxylic acids is 2. The van der Waals surface area contributed by atoms with E-state index in [4.69, 9.17) is 0 Å². The summed E-state index contributed by atoms with van der Waals surface area (Å²) in [7, 11) is 0. The minimum absolute atomic E-state index is 0. The molecule has 0 fully saturated rings. The van der Waals surface area contributed by atoms with E-state index in [1.54, 1.807) is 24.3 Å². The number of carbonyl (C=O) groups is 2. The van der Waals surface area contributed by atoms with E-state index in [1.807, 2.05) is 0 Å². The number of rotatable bonds is 0. The summed E-state index contributed by atoms with van der Waals surface area (Å²) in [5.41, 5.74) is 0.620. The van der Waals surface area contributed by atoms with Gasteiger partial charge in [0.2, 0.25) is 0 Å². The third-order valence-electron chi connectivity index (χ3n) is 4.10. The van der Waals surface area contributed by atoms with Gasteiger partial charge in [0, 0.05) is 36.6 Å². The number of benzene rings is 2. The number of para-hydroxylation sites is 2. The van der Waals surface area contributed by atoms with Crippen molar-refractivity contribution in [3.05, 3.63) is 58.7 Å². The smallest absolute Gasteiger partial charge is 0.871 e. The van der Waals surface area contributed by atoms with Gasteiger partial charge in [-0.1, -0.05) is 47.9 Å². The Morgan fingerprint density at radius 1 is 0.724 bits per heavy atom. The number of fused-ring (bicyclic) bond motifs is 4. The van der Waals surface area contributed by atoms with E-state index in [0.717, 1.165) is 0 Å². The molecule has 2 aromatic carbocycles. The van der Waals surface area contributed by atoms with Crippen LogP contribution in [0.1, 0.15) is 31.8 Å². The topological polar surface area (TPSA) is 129 Å². The summed E-state index contributed by atoms with van der Waals surface area (Å²) in [5, 5.41) is 29.9. The molecule has 0 atom stereocenters. The average molecular weight is 437 g/mol. The second-order valence-corrected chi connectivity index (χ2v) is 6.03. The van der Waals surface area contributed by atoms with Crippen LogP contribution < -0.4 is 20.8 Å². The Kier molecular flexibility index (Phi) is 7.93. The number of nitrogens with one attached hydrogen (secondary N) is 2. The van der Waals surface area contributed by atoms with Gasteiger partial charge in [-0.2, -0.15) is 0 Å². The number of nitrogens with zero attached hydrogens (tertiary/aromatic N) is 2. The number of hydrogen-bond acceptors (Lipinski definition) is 6. The van der Waals surface area contributed by atoms with E-state index in [1.165, 1.54) is 24.6 Å². The fraction of sp³-hybridized carbons (Fsp3) is 0.200. The van der Waals surface area contributed by atoms with E-state index in [2.05, 4.69) is 20.6 Å². The molecule has 1 aliphatic heterocycles. The van der Waals surface area contributed by atoms with Crippen molar-refractivity contribution < 1.29 is 36.6 Å². The largest absolute Gasteiger partial charge is 2.00 e. The third-order valence-corrected chi connectivity index (χ3v) is 4.10. The monoisotopic (exact) mass is 437 g/mol. The minimum Gasteiger partial charge on any atom is -0.871 e. The van der Waals surface area contributed by atoms with Crippen LogP contribution in [0.5, 0.6) is 11.5 Å². The zero-order chi connectivity index (χ0) is 19.9. The number of hydrogen-bond donors (Lipinski definition) is 2. The van der Waals surface area contributed by atoms with E-state index in [-0.39, 0.29) is 41.0 Å². The first-order valence-electron chi connectivity index (χ1n) is 8.74. The Morgan fingerprint density at radius 3 is 1.55 bits per heavy atom. The van der Waals surface area contributed by atoms with Gasteiger partial charge < -0.3 is 20.8 Å². The van der Waals surface area contributed by atoms with Crippen LogP contribution in [0.4, 0.5) is 0 Å². The van der Waals surface area contributed by atoms with Crippen molar-refractivity contribution in [2.24, 2.45) is 9.98 Å². The van der Waals surface area contributed by atoms with Crippen LogP contribution in [0.2, 0.25) is 0 Å². The molecule has 1 aliphatic rings. The molecule has 1 heterocycles. The molecule has 2 N–H and O–H groups in total. The fourth-order valence-electron chi connectivity index (χ4n) is 2.65. The first-order valence-corrected chi connectivity index (χ1v) is 8.74. The Bertz CT molecular complexity index is 882. The van der Waals surface area contributed by atoms with Crippen molar-refractivity contribution in [2.75, 3.05) is 26.2 Å². The molecule has 0 aliphatic carbocycles. The molecule has 0 saturated carbocycles. The molecule has 0 aromatic heterocycles. The maximum absolute atomic E-state index is 12.4. The van der Waals surface area contributed by atoms with Crippen LogP contribution in [-0.2, 0) is 16.8 Å². The molecule has 2 amide bonds. The van der Waals surface area contributed by atoms with Gasteiger partial charge in [0.05, 0.1) is 13.1 Å². The zero-order valence-corrected chi connectivity index (χ0v) is 16.3. The first-order chi connectivity index (χ1) is 13.6. The van der Waals surface area contributed by atoms with Gasteiger partial charge >= 0.3 is 16.8 Å². The van der Waals surface area contributed by atoms with Gasteiger partial charge in [0.25, 0.3) is 11.8 Å².